The predicted molar refractivity (Wildman–Crippen MR) is 83.3 cm³/mol. The molecule has 1 aliphatic rings. The van der Waals surface area contributed by atoms with Gasteiger partial charge in [-0.15, -0.1) is 4.72 Å². The van der Waals surface area contributed by atoms with Gasteiger partial charge in [0.25, 0.3) is 5.91 Å². The third-order valence-corrected chi connectivity index (χ3v) is 5.02. The van der Waals surface area contributed by atoms with Gasteiger partial charge in [0.05, 0.1) is 12.1 Å². The number of aromatic nitrogens is 1. The smallest absolute Gasteiger partial charge is 0.274 e. The zero-order chi connectivity index (χ0) is 15.0. The Bertz CT molecular complexity index is 706. The molecule has 0 bridgehead atoms. The molecule has 2 aromatic rings. The van der Waals surface area contributed by atoms with Gasteiger partial charge in [0.1, 0.15) is 0 Å². The van der Waals surface area contributed by atoms with Crippen molar-refractivity contribution in [2.45, 2.75) is 32.1 Å². The van der Waals surface area contributed by atoms with Crippen LogP contribution in [0.3, 0.4) is 0 Å². The largest absolute Gasteiger partial charge is 0.294 e. The van der Waals surface area contributed by atoms with E-state index in [2.05, 4.69) is 22.9 Å². The van der Waals surface area contributed by atoms with Gasteiger partial charge in [-0.05, 0) is 15.9 Å². The van der Waals surface area contributed by atoms with E-state index in [1.165, 1.54) is 0 Å². The number of hydrogen-bond donors (Lipinski definition) is 1. The normalized spacial score (nSPS) is 18.0. The van der Waals surface area contributed by atoms with Gasteiger partial charge in [0, 0.05) is 17.5 Å². The van der Waals surface area contributed by atoms with E-state index in [0.717, 1.165) is 11.1 Å². The van der Waals surface area contributed by atoms with E-state index in [1.807, 2.05) is 29.8 Å². The fourth-order valence-electron chi connectivity index (χ4n) is 2.52. The number of nitrogens with one attached hydrogen (secondary N) is 1. The van der Waals surface area contributed by atoms with Gasteiger partial charge in [0.15, 0.2) is 11.2 Å². The van der Waals surface area contributed by atoms with Crippen molar-refractivity contribution in [2.75, 3.05) is 4.72 Å². The molecule has 1 aromatic carbocycles. The van der Waals surface area contributed by atoms with E-state index >= 15 is 0 Å². The van der Waals surface area contributed by atoms with Crippen LogP contribution in [-0.4, -0.2) is 16.1 Å². The Kier molecular flexibility index (Phi) is 3.59. The average Bonchev–Trinajstić information content (AvgIpc) is 3.05. The van der Waals surface area contributed by atoms with Crippen molar-refractivity contribution in [3.63, 3.8) is 0 Å². The van der Waals surface area contributed by atoms with Gasteiger partial charge in [-0.25, -0.2) is 0 Å². The Hall–Kier alpha value is -2.01. The number of benzene rings is 1. The molecule has 0 radical (unpaired) electrons. The minimum absolute atomic E-state index is 0.0439. The second-order valence-corrected chi connectivity index (χ2v) is 6.83. The molecule has 0 aliphatic heterocycles. The highest BCUT2D eigenvalue weighted by Gasteiger charge is 2.35. The van der Waals surface area contributed by atoms with Gasteiger partial charge < -0.3 is 0 Å². The number of carbonyl (C=O) groups is 2. The molecular weight excluding hydrogens is 284 g/mol. The van der Waals surface area contributed by atoms with Crippen molar-refractivity contribution in [1.82, 2.24) is 4.37 Å². The predicted octanol–water partition coefficient (Wildman–Crippen LogP) is 3.39. The fraction of sp³-hybridized carbons (Fsp3) is 0.312. The molecule has 108 valence electrons. The number of rotatable bonds is 3. The van der Waals surface area contributed by atoms with E-state index in [9.17, 15) is 9.59 Å². The minimum Gasteiger partial charge on any atom is -0.294 e. The van der Waals surface area contributed by atoms with E-state index in [0.29, 0.717) is 11.5 Å². The van der Waals surface area contributed by atoms with Gasteiger partial charge in [-0.3, -0.25) is 9.59 Å². The van der Waals surface area contributed by atoms with E-state index in [-0.39, 0.29) is 24.0 Å². The molecule has 5 heteroatoms. The Morgan fingerprint density at radius 3 is 2.86 bits per heavy atom. The highest BCUT2D eigenvalue weighted by atomic mass is 32.2. The van der Waals surface area contributed by atoms with Crippen LogP contribution in [0.2, 0.25) is 0 Å². The minimum atomic E-state index is -0.596. The average molecular weight is 301 g/mol. The van der Waals surface area contributed by atoms with Crippen LogP contribution < -0.4 is 4.72 Å². The quantitative estimate of drug-likeness (QED) is 0.884. The molecule has 1 amide bonds. The molecule has 21 heavy (non-hydrogen) atoms. The molecule has 2 unspecified atom stereocenters. The SMILES string of the molecule is CC(C)c1cn[s+](NC(=O)C2CC(=O)c3ccccc32)c1. The summed E-state index contributed by atoms with van der Waals surface area (Å²) in [6, 6.07) is 7.35. The third kappa shape index (κ3) is 2.61. The highest BCUT2D eigenvalue weighted by Crippen LogP contribution is 2.34. The number of fused-ring (bicyclic) bond motifs is 1. The molecular formula is C16H17N2O2S+. The van der Waals surface area contributed by atoms with Crippen LogP contribution in [-0.2, 0) is 4.79 Å². The first-order chi connectivity index (χ1) is 10.1. The molecule has 1 N–H and O–H groups in total. The molecule has 0 saturated carbocycles. The molecule has 0 fully saturated rings. The Morgan fingerprint density at radius 1 is 1.38 bits per heavy atom. The van der Waals surface area contributed by atoms with Gasteiger partial charge in [-0.2, -0.15) is 0 Å². The van der Waals surface area contributed by atoms with Crippen molar-refractivity contribution in [3.05, 3.63) is 52.5 Å². The Morgan fingerprint density at radius 2 is 2.14 bits per heavy atom. The maximum absolute atomic E-state index is 12.4. The second-order valence-electron chi connectivity index (χ2n) is 5.56. The third-order valence-electron chi connectivity index (χ3n) is 3.78. The summed E-state index contributed by atoms with van der Waals surface area (Å²) < 4.78 is 7.25. The van der Waals surface area contributed by atoms with Crippen LogP contribution in [0.5, 0.6) is 0 Å². The van der Waals surface area contributed by atoms with Crippen LogP contribution in [0, 0.1) is 0 Å². The van der Waals surface area contributed by atoms with Gasteiger partial charge in [-0.1, -0.05) is 38.1 Å². The molecule has 1 heterocycles. The van der Waals surface area contributed by atoms with E-state index in [1.54, 1.807) is 6.07 Å². The number of ketones is 1. The van der Waals surface area contributed by atoms with Gasteiger partial charge in [0.2, 0.25) is 10.9 Å². The number of amides is 1. The lowest BCUT2D eigenvalue weighted by Gasteiger charge is -2.05. The number of hydrogen-bond acceptors (Lipinski definition) is 3. The Balaban J connectivity index is 1.79. The summed E-state index contributed by atoms with van der Waals surface area (Å²) >= 11 is 0. The van der Waals surface area contributed by atoms with Crippen molar-refractivity contribution >= 4 is 22.5 Å². The fourth-order valence-corrected chi connectivity index (χ4v) is 3.86. The lowest BCUT2D eigenvalue weighted by molar-refractivity contribution is -0.117. The molecule has 3 rings (SSSR count). The first-order valence-electron chi connectivity index (χ1n) is 6.98. The van der Waals surface area contributed by atoms with Crippen LogP contribution in [0.15, 0.2) is 35.8 Å². The summed E-state index contributed by atoms with van der Waals surface area (Å²) in [6.45, 7) is 4.19. The number of nitrogens with zero attached hydrogens (tertiary/aromatic N) is 1. The number of Topliss-reactive ketones (excluding diaryl/α,β-unsaturated/α-hetero) is 1. The summed E-state index contributed by atoms with van der Waals surface area (Å²) in [5.74, 6) is -0.0534. The van der Waals surface area contributed by atoms with Crippen LogP contribution in [0.25, 0.3) is 0 Å². The first kappa shape index (κ1) is 13.9. The standard InChI is InChI=1S/C16H16N2O2S/c1-10(2)11-8-17-21(9-11)18-16(20)14-7-15(19)13-6-4-3-5-12(13)14/h3-6,8-10,14H,7H2,1-2H3/p+1. The molecule has 2 atom stereocenters. The topological polar surface area (TPSA) is 59.1 Å². The summed E-state index contributed by atoms with van der Waals surface area (Å²) in [4.78, 5) is 24.4. The first-order valence-corrected chi connectivity index (χ1v) is 8.22. The van der Waals surface area contributed by atoms with Crippen molar-refractivity contribution in [1.29, 1.82) is 0 Å². The molecule has 1 aromatic heterocycles. The van der Waals surface area contributed by atoms with Gasteiger partial charge >= 0.3 is 0 Å². The number of carbonyl (C=O) groups excluding carboxylic acids is 2. The maximum Gasteiger partial charge on any atom is 0.274 e. The Labute approximate surface area is 126 Å². The van der Waals surface area contributed by atoms with E-state index in [4.69, 9.17) is 0 Å². The second kappa shape index (κ2) is 5.41. The summed E-state index contributed by atoms with van der Waals surface area (Å²) in [7, 11) is -0.596. The monoisotopic (exact) mass is 301 g/mol. The molecule has 0 spiro atoms. The van der Waals surface area contributed by atoms with Crippen molar-refractivity contribution < 1.29 is 9.59 Å². The zero-order valence-corrected chi connectivity index (χ0v) is 12.8. The van der Waals surface area contributed by atoms with E-state index < -0.39 is 10.9 Å². The lowest BCUT2D eigenvalue weighted by Crippen LogP contribution is -2.18. The van der Waals surface area contributed by atoms with Crippen LogP contribution in [0.1, 0.15) is 53.6 Å². The van der Waals surface area contributed by atoms with Crippen molar-refractivity contribution in [2.24, 2.45) is 0 Å². The molecule has 1 aliphatic carbocycles. The van der Waals surface area contributed by atoms with Crippen molar-refractivity contribution in [3.8, 4) is 0 Å². The summed E-state index contributed by atoms with van der Waals surface area (Å²) in [6.07, 6.45) is 2.08. The summed E-state index contributed by atoms with van der Waals surface area (Å²) in [5, 5.41) is 1.99. The molecule has 0 saturated heterocycles. The summed E-state index contributed by atoms with van der Waals surface area (Å²) in [5.41, 5.74) is 2.65. The zero-order valence-electron chi connectivity index (χ0n) is 12.0. The molecule has 4 nitrogen and oxygen atoms in total. The lowest BCUT2D eigenvalue weighted by atomic mass is 10.0. The highest BCUT2D eigenvalue weighted by molar-refractivity contribution is 7.28. The maximum atomic E-state index is 12.4. The van der Waals surface area contributed by atoms with Crippen LogP contribution >= 0.6 is 10.9 Å². The van der Waals surface area contributed by atoms with Crippen LogP contribution in [0.4, 0.5) is 0 Å².